The summed E-state index contributed by atoms with van der Waals surface area (Å²) in [5, 5.41) is 8.49. The third-order valence-electron chi connectivity index (χ3n) is 1.48. The van der Waals surface area contributed by atoms with E-state index in [4.69, 9.17) is 5.26 Å². The minimum absolute atomic E-state index is 0.140. The SMILES string of the molecule is C=C(F)OCc1ccc(C#N)cc1. The fourth-order valence-corrected chi connectivity index (χ4v) is 0.837. The molecule has 0 amide bonds. The third kappa shape index (κ3) is 2.96. The van der Waals surface area contributed by atoms with Crippen molar-refractivity contribution in [2.75, 3.05) is 0 Å². The average molecular weight is 177 g/mol. The Kier molecular flexibility index (Phi) is 3.04. The smallest absolute Gasteiger partial charge is 0.265 e. The van der Waals surface area contributed by atoms with Crippen LogP contribution in [0, 0.1) is 11.3 Å². The van der Waals surface area contributed by atoms with Crippen LogP contribution in [0.2, 0.25) is 0 Å². The topological polar surface area (TPSA) is 33.0 Å². The van der Waals surface area contributed by atoms with Crippen molar-refractivity contribution in [1.29, 1.82) is 5.26 Å². The van der Waals surface area contributed by atoms with Gasteiger partial charge < -0.3 is 4.74 Å². The molecule has 0 unspecified atom stereocenters. The number of hydrogen-bond acceptors (Lipinski definition) is 2. The first-order chi connectivity index (χ1) is 6.22. The summed E-state index contributed by atoms with van der Waals surface area (Å²) < 4.78 is 16.6. The lowest BCUT2D eigenvalue weighted by atomic mass is 10.2. The van der Waals surface area contributed by atoms with Crippen LogP contribution in [0.3, 0.4) is 0 Å². The van der Waals surface area contributed by atoms with E-state index in [2.05, 4.69) is 11.3 Å². The molecule has 1 aromatic carbocycles. The lowest BCUT2D eigenvalue weighted by Gasteiger charge is -2.01. The Morgan fingerprint density at radius 1 is 1.46 bits per heavy atom. The monoisotopic (exact) mass is 177 g/mol. The summed E-state index contributed by atoms with van der Waals surface area (Å²) >= 11 is 0. The molecule has 0 saturated heterocycles. The Morgan fingerprint density at radius 3 is 2.54 bits per heavy atom. The molecule has 0 aliphatic carbocycles. The second-order valence-electron chi connectivity index (χ2n) is 2.45. The molecule has 0 atom stereocenters. The summed E-state index contributed by atoms with van der Waals surface area (Å²) in [6, 6.07) is 7.91. The van der Waals surface area contributed by atoms with Crippen LogP contribution < -0.4 is 0 Å². The molecule has 0 aromatic heterocycles. The van der Waals surface area contributed by atoms with Crippen molar-refractivity contribution < 1.29 is 9.13 Å². The highest BCUT2D eigenvalue weighted by molar-refractivity contribution is 5.31. The molecule has 1 aromatic rings. The van der Waals surface area contributed by atoms with Crippen LogP contribution >= 0.6 is 0 Å². The molecular formula is C10H8FNO. The van der Waals surface area contributed by atoms with E-state index in [1.165, 1.54) is 0 Å². The van der Waals surface area contributed by atoms with Crippen molar-refractivity contribution in [2.24, 2.45) is 0 Å². The summed E-state index contributed by atoms with van der Waals surface area (Å²) in [4.78, 5) is 0. The van der Waals surface area contributed by atoms with Gasteiger partial charge in [0.2, 0.25) is 0 Å². The predicted molar refractivity (Wildman–Crippen MR) is 46.2 cm³/mol. The van der Waals surface area contributed by atoms with Gasteiger partial charge in [0.05, 0.1) is 11.6 Å². The van der Waals surface area contributed by atoms with Gasteiger partial charge in [-0.1, -0.05) is 12.1 Å². The van der Waals surface area contributed by atoms with Crippen molar-refractivity contribution in [2.45, 2.75) is 6.61 Å². The third-order valence-corrected chi connectivity index (χ3v) is 1.48. The summed E-state index contributed by atoms with van der Waals surface area (Å²) in [6.07, 6.45) is 0. The van der Waals surface area contributed by atoms with E-state index in [1.54, 1.807) is 24.3 Å². The maximum atomic E-state index is 12.1. The maximum absolute atomic E-state index is 12.1. The Labute approximate surface area is 75.9 Å². The van der Waals surface area contributed by atoms with E-state index in [-0.39, 0.29) is 6.61 Å². The van der Waals surface area contributed by atoms with Crippen LogP contribution in [-0.2, 0) is 11.3 Å². The Balaban J connectivity index is 2.60. The van der Waals surface area contributed by atoms with Crippen LogP contribution in [-0.4, -0.2) is 0 Å². The largest absolute Gasteiger partial charge is 0.466 e. The zero-order chi connectivity index (χ0) is 9.68. The maximum Gasteiger partial charge on any atom is 0.265 e. The molecule has 3 heteroatoms. The van der Waals surface area contributed by atoms with Crippen LogP contribution in [0.4, 0.5) is 4.39 Å². The fraction of sp³-hybridized carbons (Fsp3) is 0.100. The van der Waals surface area contributed by atoms with Gasteiger partial charge in [0.25, 0.3) is 6.01 Å². The standard InChI is InChI=1S/C10H8FNO/c1-8(11)13-7-10-4-2-9(6-12)3-5-10/h2-5H,1,7H2. The second-order valence-corrected chi connectivity index (χ2v) is 2.45. The van der Waals surface area contributed by atoms with E-state index < -0.39 is 6.01 Å². The highest BCUT2D eigenvalue weighted by Gasteiger charge is 1.95. The molecule has 13 heavy (non-hydrogen) atoms. The zero-order valence-corrected chi connectivity index (χ0v) is 6.96. The van der Waals surface area contributed by atoms with Crippen molar-refractivity contribution in [3.05, 3.63) is 48.0 Å². The molecular weight excluding hydrogens is 169 g/mol. The van der Waals surface area contributed by atoms with Crippen LogP contribution in [0.5, 0.6) is 0 Å². The van der Waals surface area contributed by atoms with Gasteiger partial charge in [-0.15, -0.1) is 0 Å². The Morgan fingerprint density at radius 2 is 2.08 bits per heavy atom. The molecule has 1 rings (SSSR count). The molecule has 0 saturated carbocycles. The number of rotatable bonds is 3. The first kappa shape index (κ1) is 9.27. The Bertz CT molecular complexity index is 337. The van der Waals surface area contributed by atoms with Gasteiger partial charge in [-0.25, -0.2) is 0 Å². The summed E-state index contributed by atoms with van der Waals surface area (Å²) in [5.41, 5.74) is 1.38. The van der Waals surface area contributed by atoms with Crippen LogP contribution in [0.1, 0.15) is 11.1 Å². The molecule has 66 valence electrons. The van der Waals surface area contributed by atoms with Gasteiger partial charge in [-0.2, -0.15) is 9.65 Å². The number of nitrogens with zero attached hydrogens (tertiary/aromatic N) is 1. The van der Waals surface area contributed by atoms with E-state index in [1.807, 2.05) is 6.07 Å². The number of nitriles is 1. The first-order valence-corrected chi connectivity index (χ1v) is 3.68. The second kappa shape index (κ2) is 4.27. The normalized spacial score (nSPS) is 8.92. The summed E-state index contributed by atoms with van der Waals surface area (Å²) in [5.74, 6) is 0. The number of ether oxygens (including phenoxy) is 1. The minimum atomic E-state index is -0.802. The molecule has 0 fully saturated rings. The van der Waals surface area contributed by atoms with Crippen molar-refractivity contribution in [1.82, 2.24) is 0 Å². The Hall–Kier alpha value is -1.82. The number of hydrogen-bond donors (Lipinski definition) is 0. The van der Waals surface area contributed by atoms with Crippen molar-refractivity contribution in [3.8, 4) is 6.07 Å². The van der Waals surface area contributed by atoms with Gasteiger partial charge >= 0.3 is 0 Å². The summed E-state index contributed by atoms with van der Waals surface area (Å²) in [7, 11) is 0. The van der Waals surface area contributed by atoms with Crippen LogP contribution in [0.25, 0.3) is 0 Å². The van der Waals surface area contributed by atoms with E-state index in [0.717, 1.165) is 5.56 Å². The van der Waals surface area contributed by atoms with Gasteiger partial charge in [-0.05, 0) is 24.3 Å². The van der Waals surface area contributed by atoms with Gasteiger partial charge in [0.15, 0.2) is 0 Å². The molecule has 0 bridgehead atoms. The highest BCUT2D eigenvalue weighted by Crippen LogP contribution is 2.07. The minimum Gasteiger partial charge on any atom is -0.466 e. The lowest BCUT2D eigenvalue weighted by molar-refractivity contribution is 0.135. The number of halogens is 1. The first-order valence-electron chi connectivity index (χ1n) is 3.68. The molecule has 0 spiro atoms. The molecule has 0 radical (unpaired) electrons. The van der Waals surface area contributed by atoms with Crippen molar-refractivity contribution in [3.63, 3.8) is 0 Å². The van der Waals surface area contributed by atoms with Crippen molar-refractivity contribution >= 4 is 0 Å². The summed E-state index contributed by atoms with van der Waals surface area (Å²) in [6.45, 7) is 3.10. The highest BCUT2D eigenvalue weighted by atomic mass is 19.1. The molecule has 2 nitrogen and oxygen atoms in total. The van der Waals surface area contributed by atoms with Crippen LogP contribution in [0.15, 0.2) is 36.9 Å². The van der Waals surface area contributed by atoms with Gasteiger partial charge in [0, 0.05) is 0 Å². The molecule has 0 aliphatic rings. The average Bonchev–Trinajstić information content (AvgIpc) is 2.15. The van der Waals surface area contributed by atoms with E-state index in [9.17, 15) is 4.39 Å². The van der Waals surface area contributed by atoms with Gasteiger partial charge in [-0.3, -0.25) is 0 Å². The quantitative estimate of drug-likeness (QED) is 0.664. The van der Waals surface area contributed by atoms with Gasteiger partial charge in [0.1, 0.15) is 6.61 Å². The predicted octanol–water partition coefficient (Wildman–Crippen LogP) is 2.52. The van der Waals surface area contributed by atoms with E-state index >= 15 is 0 Å². The molecule has 0 aliphatic heterocycles. The molecule has 0 N–H and O–H groups in total. The zero-order valence-electron chi connectivity index (χ0n) is 6.96. The fourth-order valence-electron chi connectivity index (χ4n) is 0.837. The lowest BCUT2D eigenvalue weighted by Crippen LogP contribution is -1.88. The molecule has 0 heterocycles. The number of benzene rings is 1. The van der Waals surface area contributed by atoms with E-state index in [0.29, 0.717) is 5.56 Å².